The fourth-order valence-corrected chi connectivity index (χ4v) is 3.80. The monoisotopic (exact) mass is 304 g/mol. The number of rotatable bonds is 3. The average Bonchev–Trinajstić information content (AvgIpc) is 2.69. The third-order valence-corrected chi connectivity index (χ3v) is 4.77. The molecule has 2 heterocycles. The molecule has 1 fully saturated rings. The third-order valence-electron chi connectivity index (χ3n) is 3.07. The van der Waals surface area contributed by atoms with E-state index in [1.165, 1.54) is 5.75 Å². The van der Waals surface area contributed by atoms with Crippen LogP contribution in [0.25, 0.3) is 0 Å². The Morgan fingerprint density at radius 3 is 3.06 bits per heavy atom. The van der Waals surface area contributed by atoms with Crippen LogP contribution in [0.15, 0.2) is 21.2 Å². The van der Waals surface area contributed by atoms with Crippen LogP contribution in [-0.2, 0) is 0 Å². The van der Waals surface area contributed by atoms with Crippen molar-refractivity contribution in [2.24, 2.45) is 0 Å². The molecular formula is C11H17BrN2OS. The van der Waals surface area contributed by atoms with Gasteiger partial charge in [0.1, 0.15) is 5.76 Å². The number of nitrogens with zero attached hydrogens (tertiary/aromatic N) is 1. The van der Waals surface area contributed by atoms with E-state index >= 15 is 0 Å². The summed E-state index contributed by atoms with van der Waals surface area (Å²) in [7, 11) is 4.18. The van der Waals surface area contributed by atoms with Crippen LogP contribution < -0.4 is 5.32 Å². The van der Waals surface area contributed by atoms with Crippen molar-refractivity contribution < 1.29 is 4.42 Å². The summed E-state index contributed by atoms with van der Waals surface area (Å²) in [4.78, 5) is 2.41. The molecule has 1 saturated heterocycles. The highest BCUT2D eigenvalue weighted by atomic mass is 79.9. The fraction of sp³-hybridized carbons (Fsp3) is 0.636. The molecule has 1 N–H and O–H groups in total. The molecule has 0 spiro atoms. The fourth-order valence-electron chi connectivity index (χ4n) is 2.08. The van der Waals surface area contributed by atoms with E-state index in [0.29, 0.717) is 6.04 Å². The maximum atomic E-state index is 5.57. The van der Waals surface area contributed by atoms with Gasteiger partial charge in [0.25, 0.3) is 0 Å². The number of likely N-dealkylation sites (N-methyl/N-ethyl adjacent to an activating group) is 2. The van der Waals surface area contributed by atoms with Crippen LogP contribution in [0, 0.1) is 0 Å². The molecule has 1 aromatic heterocycles. The van der Waals surface area contributed by atoms with E-state index in [-0.39, 0.29) is 6.04 Å². The molecule has 0 saturated carbocycles. The number of nitrogens with one attached hydrogen (secondary N) is 1. The Morgan fingerprint density at radius 1 is 1.69 bits per heavy atom. The van der Waals surface area contributed by atoms with E-state index in [9.17, 15) is 0 Å². The van der Waals surface area contributed by atoms with Crippen LogP contribution in [0.2, 0.25) is 0 Å². The zero-order valence-electron chi connectivity index (χ0n) is 9.57. The molecule has 2 rings (SSSR count). The molecule has 0 radical (unpaired) electrons. The van der Waals surface area contributed by atoms with Gasteiger partial charge in [0.05, 0.1) is 16.8 Å². The Hall–Kier alpha value is 0.0300. The number of hydrogen-bond acceptors (Lipinski definition) is 4. The smallest absolute Gasteiger partial charge is 0.136 e. The van der Waals surface area contributed by atoms with Crippen molar-refractivity contribution in [2.75, 3.05) is 32.1 Å². The molecule has 0 bridgehead atoms. The molecule has 0 aliphatic carbocycles. The predicted molar refractivity (Wildman–Crippen MR) is 72.0 cm³/mol. The second kappa shape index (κ2) is 5.58. The van der Waals surface area contributed by atoms with Gasteiger partial charge in [-0.2, -0.15) is 11.8 Å². The van der Waals surface area contributed by atoms with Gasteiger partial charge in [-0.05, 0) is 36.1 Å². The van der Waals surface area contributed by atoms with Crippen LogP contribution in [-0.4, -0.2) is 43.1 Å². The van der Waals surface area contributed by atoms with Crippen LogP contribution in [0.4, 0.5) is 0 Å². The maximum absolute atomic E-state index is 5.57. The molecule has 0 amide bonds. The predicted octanol–water partition coefficient (Wildman–Crippen LogP) is 2.35. The molecule has 3 nitrogen and oxygen atoms in total. The van der Waals surface area contributed by atoms with E-state index in [0.717, 1.165) is 22.5 Å². The summed E-state index contributed by atoms with van der Waals surface area (Å²) in [6, 6.07) is 2.70. The largest absolute Gasteiger partial charge is 0.466 e. The van der Waals surface area contributed by atoms with Crippen molar-refractivity contribution in [1.29, 1.82) is 0 Å². The van der Waals surface area contributed by atoms with Gasteiger partial charge in [0, 0.05) is 24.1 Å². The first kappa shape index (κ1) is 12.5. The van der Waals surface area contributed by atoms with Gasteiger partial charge in [-0.3, -0.25) is 4.90 Å². The van der Waals surface area contributed by atoms with Crippen molar-refractivity contribution in [3.63, 3.8) is 0 Å². The molecule has 1 aromatic rings. The van der Waals surface area contributed by atoms with Gasteiger partial charge in [-0.15, -0.1) is 0 Å². The Bertz CT molecular complexity index is 344. The molecular weight excluding hydrogens is 288 g/mol. The minimum absolute atomic E-state index is 0.252. The van der Waals surface area contributed by atoms with Gasteiger partial charge in [-0.1, -0.05) is 0 Å². The van der Waals surface area contributed by atoms with Gasteiger partial charge in [0.15, 0.2) is 0 Å². The summed E-state index contributed by atoms with van der Waals surface area (Å²) in [6.07, 6.45) is 1.74. The minimum Gasteiger partial charge on any atom is -0.466 e. The quantitative estimate of drug-likeness (QED) is 0.928. The third kappa shape index (κ3) is 2.47. The van der Waals surface area contributed by atoms with Crippen LogP contribution in [0.3, 0.4) is 0 Å². The minimum atomic E-state index is 0.252. The second-order valence-electron chi connectivity index (χ2n) is 4.02. The lowest BCUT2D eigenvalue weighted by atomic mass is 10.1. The van der Waals surface area contributed by atoms with Crippen molar-refractivity contribution in [3.8, 4) is 0 Å². The molecule has 1 aliphatic rings. The van der Waals surface area contributed by atoms with Gasteiger partial charge in [-0.25, -0.2) is 0 Å². The van der Waals surface area contributed by atoms with E-state index in [1.54, 1.807) is 6.26 Å². The first-order chi connectivity index (χ1) is 7.74. The molecule has 5 heteroatoms. The Kier molecular flexibility index (Phi) is 4.35. The Balaban J connectivity index is 2.18. The van der Waals surface area contributed by atoms with Crippen LogP contribution >= 0.6 is 27.7 Å². The summed E-state index contributed by atoms with van der Waals surface area (Å²) in [6.45, 7) is 1.14. The second-order valence-corrected chi connectivity index (χ2v) is 6.03. The van der Waals surface area contributed by atoms with Crippen molar-refractivity contribution in [3.05, 3.63) is 22.6 Å². The Labute approximate surface area is 109 Å². The highest BCUT2D eigenvalue weighted by Gasteiger charge is 2.31. The van der Waals surface area contributed by atoms with E-state index < -0.39 is 0 Å². The standard InChI is InChI=1S/C11H17BrN2OS/c1-13-10(11-8(12)3-5-15-11)9-7-16-6-4-14(9)2/h3,5,9-10,13H,4,6-7H2,1-2H3. The average molecular weight is 305 g/mol. The first-order valence-electron chi connectivity index (χ1n) is 5.42. The highest BCUT2D eigenvalue weighted by molar-refractivity contribution is 9.10. The summed E-state index contributed by atoms with van der Waals surface area (Å²) in [5.41, 5.74) is 0. The molecule has 0 aromatic carbocycles. The molecule has 16 heavy (non-hydrogen) atoms. The summed E-state index contributed by atoms with van der Waals surface area (Å²) in [5, 5.41) is 3.37. The zero-order valence-corrected chi connectivity index (χ0v) is 12.0. The van der Waals surface area contributed by atoms with Gasteiger partial charge >= 0.3 is 0 Å². The maximum Gasteiger partial charge on any atom is 0.136 e. The highest BCUT2D eigenvalue weighted by Crippen LogP contribution is 2.31. The van der Waals surface area contributed by atoms with E-state index in [4.69, 9.17) is 4.42 Å². The lowest BCUT2D eigenvalue weighted by Gasteiger charge is -2.36. The molecule has 90 valence electrons. The number of furan rings is 1. The summed E-state index contributed by atoms with van der Waals surface area (Å²) in [5.74, 6) is 3.37. The molecule has 2 unspecified atom stereocenters. The SMILES string of the molecule is CNC(c1occc1Br)C1CSCCN1C. The van der Waals surface area contributed by atoms with Crippen molar-refractivity contribution in [1.82, 2.24) is 10.2 Å². The van der Waals surface area contributed by atoms with Gasteiger partial charge < -0.3 is 9.73 Å². The topological polar surface area (TPSA) is 28.4 Å². The zero-order chi connectivity index (χ0) is 11.5. The van der Waals surface area contributed by atoms with E-state index in [1.807, 2.05) is 24.9 Å². The lowest BCUT2D eigenvalue weighted by Crippen LogP contribution is -2.47. The summed E-state index contributed by atoms with van der Waals surface area (Å²) >= 11 is 5.55. The van der Waals surface area contributed by atoms with Crippen molar-refractivity contribution >= 4 is 27.7 Å². The van der Waals surface area contributed by atoms with Gasteiger partial charge in [0.2, 0.25) is 0 Å². The van der Waals surface area contributed by atoms with Crippen LogP contribution in [0.5, 0.6) is 0 Å². The number of halogens is 1. The normalized spacial score (nSPS) is 24.6. The van der Waals surface area contributed by atoms with Crippen LogP contribution in [0.1, 0.15) is 11.8 Å². The van der Waals surface area contributed by atoms with Crippen molar-refractivity contribution in [2.45, 2.75) is 12.1 Å². The molecule has 1 aliphatic heterocycles. The number of hydrogen-bond donors (Lipinski definition) is 1. The molecule has 2 atom stereocenters. The lowest BCUT2D eigenvalue weighted by molar-refractivity contribution is 0.205. The van der Waals surface area contributed by atoms with E-state index in [2.05, 4.69) is 33.2 Å². The number of thioether (sulfide) groups is 1. The summed E-state index contributed by atoms with van der Waals surface area (Å²) < 4.78 is 6.63. The first-order valence-corrected chi connectivity index (χ1v) is 7.37. The Morgan fingerprint density at radius 2 is 2.50 bits per heavy atom.